The Balaban J connectivity index is 1.26. The number of aromatic nitrogens is 2. The summed E-state index contributed by atoms with van der Waals surface area (Å²) in [6.07, 6.45) is 23.7. The van der Waals surface area contributed by atoms with Crippen molar-refractivity contribution in [3.8, 4) is 16.9 Å². The van der Waals surface area contributed by atoms with E-state index >= 15 is 0 Å². The number of anilines is 3. The summed E-state index contributed by atoms with van der Waals surface area (Å²) in [5.74, 6) is 0. The molecule has 0 bridgehead atoms. The molecule has 2 aliphatic heterocycles. The Hall–Kier alpha value is -7.17. The molecule has 7 aromatic rings. The summed E-state index contributed by atoms with van der Waals surface area (Å²) >= 11 is 0. The van der Waals surface area contributed by atoms with Crippen molar-refractivity contribution < 1.29 is 0 Å². The van der Waals surface area contributed by atoms with E-state index in [-0.39, 0.29) is 6.04 Å². The van der Waals surface area contributed by atoms with E-state index in [9.17, 15) is 0 Å². The van der Waals surface area contributed by atoms with Crippen LogP contribution < -0.4 is 10.2 Å². The lowest BCUT2D eigenvalue weighted by atomic mass is 9.95. The zero-order chi connectivity index (χ0) is 36.9. The van der Waals surface area contributed by atoms with Crippen LogP contribution in [0.4, 0.5) is 17.1 Å². The summed E-state index contributed by atoms with van der Waals surface area (Å²) < 4.78 is 2.45. The lowest BCUT2D eigenvalue weighted by Crippen LogP contribution is -2.30. The van der Waals surface area contributed by atoms with Crippen LogP contribution in [0, 0.1) is 6.92 Å². The van der Waals surface area contributed by atoms with Crippen molar-refractivity contribution in [2.45, 2.75) is 13.0 Å². The highest BCUT2D eigenvalue weighted by Gasteiger charge is 2.26. The lowest BCUT2D eigenvalue weighted by molar-refractivity contribution is 0.813. The van der Waals surface area contributed by atoms with Crippen LogP contribution in [-0.2, 0) is 0 Å². The Kier molecular flexibility index (Phi) is 7.88. The fourth-order valence-corrected chi connectivity index (χ4v) is 8.28. The second-order valence-corrected chi connectivity index (χ2v) is 14.2. The first kappa shape index (κ1) is 32.5. The van der Waals surface area contributed by atoms with Gasteiger partial charge in [-0.25, -0.2) is 4.98 Å². The first-order valence-corrected chi connectivity index (χ1v) is 18.8. The second kappa shape index (κ2) is 13.4. The lowest BCUT2D eigenvalue weighted by Gasteiger charge is -2.28. The molecule has 1 atom stereocenters. The van der Waals surface area contributed by atoms with Crippen LogP contribution in [0.5, 0.6) is 0 Å². The minimum Gasteiger partial charge on any atom is -0.374 e. The number of allylic oxidation sites excluding steroid dienone is 6. The van der Waals surface area contributed by atoms with Gasteiger partial charge >= 0.3 is 0 Å². The van der Waals surface area contributed by atoms with Gasteiger partial charge in [0.15, 0.2) is 0 Å². The van der Waals surface area contributed by atoms with E-state index in [1.807, 2.05) is 12.2 Å². The van der Waals surface area contributed by atoms with E-state index in [0.717, 1.165) is 78.5 Å². The molecule has 0 fully saturated rings. The number of dihydropyridines is 1. The van der Waals surface area contributed by atoms with E-state index in [1.54, 1.807) is 0 Å². The molecule has 3 aliphatic rings. The summed E-state index contributed by atoms with van der Waals surface area (Å²) in [5.41, 5.74) is 16.6. The van der Waals surface area contributed by atoms with Crippen LogP contribution in [0.1, 0.15) is 27.9 Å². The molecule has 2 aromatic heterocycles. The van der Waals surface area contributed by atoms with Gasteiger partial charge in [0.1, 0.15) is 0 Å². The monoisotopic (exact) mass is 706 g/mol. The van der Waals surface area contributed by atoms with E-state index in [0.29, 0.717) is 0 Å². The quantitative estimate of drug-likeness (QED) is 0.175. The van der Waals surface area contributed by atoms with Crippen LogP contribution in [0.15, 0.2) is 182 Å². The van der Waals surface area contributed by atoms with Crippen molar-refractivity contribution in [3.05, 3.63) is 210 Å². The molecule has 1 N–H and O–H groups in total. The van der Waals surface area contributed by atoms with Gasteiger partial charge in [-0.15, -0.1) is 0 Å². The predicted molar refractivity (Wildman–Crippen MR) is 233 cm³/mol. The summed E-state index contributed by atoms with van der Waals surface area (Å²) in [7, 11) is 0. The van der Waals surface area contributed by atoms with Gasteiger partial charge in [0, 0.05) is 55.8 Å². The topological polar surface area (TPSA) is 33.1 Å². The molecule has 0 radical (unpaired) electrons. The van der Waals surface area contributed by atoms with Crippen molar-refractivity contribution in [1.29, 1.82) is 0 Å². The van der Waals surface area contributed by atoms with Gasteiger partial charge in [-0.1, -0.05) is 134 Å². The molecule has 0 saturated carbocycles. The molecule has 0 saturated heterocycles. The summed E-state index contributed by atoms with van der Waals surface area (Å²) in [6.45, 7) is 6.24. The minimum atomic E-state index is 0.118. The number of hydrogen-bond donors (Lipinski definition) is 1. The van der Waals surface area contributed by atoms with E-state index in [1.165, 1.54) is 16.5 Å². The molecule has 4 heteroatoms. The molecule has 55 heavy (non-hydrogen) atoms. The Morgan fingerprint density at radius 2 is 1.56 bits per heavy atom. The minimum absolute atomic E-state index is 0.118. The number of fused-ring (bicyclic) bond motifs is 6. The van der Waals surface area contributed by atoms with Gasteiger partial charge in [0.2, 0.25) is 0 Å². The molecule has 4 heterocycles. The van der Waals surface area contributed by atoms with Crippen LogP contribution in [0.25, 0.3) is 62.7 Å². The number of hydrogen-bond acceptors (Lipinski definition) is 3. The Morgan fingerprint density at radius 1 is 0.727 bits per heavy atom. The van der Waals surface area contributed by atoms with Crippen molar-refractivity contribution in [1.82, 2.24) is 14.9 Å². The zero-order valence-corrected chi connectivity index (χ0v) is 30.5. The smallest absolute Gasteiger partial charge is 0.0710 e. The molecule has 4 nitrogen and oxygen atoms in total. The summed E-state index contributed by atoms with van der Waals surface area (Å²) in [5, 5.41) is 6.12. The number of para-hydroxylation sites is 3. The third kappa shape index (κ3) is 5.58. The number of nitrogens with one attached hydrogen (secondary N) is 1. The summed E-state index contributed by atoms with van der Waals surface area (Å²) in [4.78, 5) is 7.58. The van der Waals surface area contributed by atoms with Crippen molar-refractivity contribution in [3.63, 3.8) is 0 Å². The molecule has 10 rings (SSSR count). The van der Waals surface area contributed by atoms with Crippen molar-refractivity contribution >= 4 is 62.8 Å². The fourth-order valence-electron chi connectivity index (χ4n) is 8.28. The van der Waals surface area contributed by atoms with Gasteiger partial charge in [0.05, 0.1) is 34.1 Å². The van der Waals surface area contributed by atoms with Crippen LogP contribution in [0.2, 0.25) is 0 Å². The highest BCUT2D eigenvalue weighted by Crippen LogP contribution is 2.46. The molecule has 5 aromatic carbocycles. The van der Waals surface area contributed by atoms with E-state index in [4.69, 9.17) is 4.98 Å². The first-order chi connectivity index (χ1) is 27.1. The predicted octanol–water partition coefficient (Wildman–Crippen LogP) is 12.7. The second-order valence-electron chi connectivity index (χ2n) is 14.2. The molecular formula is C51H38N4. The highest BCUT2D eigenvalue weighted by molar-refractivity contribution is 6.06. The fraction of sp³-hybridized carbons (Fsp3) is 0.0392. The van der Waals surface area contributed by atoms with Crippen LogP contribution >= 0.6 is 0 Å². The highest BCUT2D eigenvalue weighted by atomic mass is 15.2. The number of benzene rings is 5. The van der Waals surface area contributed by atoms with Gasteiger partial charge < -0.3 is 14.8 Å². The average Bonchev–Trinajstić information content (AvgIpc) is 3.41. The van der Waals surface area contributed by atoms with Gasteiger partial charge in [0.25, 0.3) is 0 Å². The number of nitrogens with zero attached hydrogens (tertiary/aromatic N) is 3. The van der Waals surface area contributed by atoms with Gasteiger partial charge in [-0.3, -0.25) is 0 Å². The number of pyridine rings is 1. The largest absolute Gasteiger partial charge is 0.374 e. The van der Waals surface area contributed by atoms with Gasteiger partial charge in [-0.2, -0.15) is 0 Å². The Bertz CT molecular complexity index is 2880. The van der Waals surface area contributed by atoms with Crippen LogP contribution in [0.3, 0.4) is 0 Å². The molecule has 0 amide bonds. The van der Waals surface area contributed by atoms with E-state index in [2.05, 4.69) is 204 Å². The first-order valence-electron chi connectivity index (χ1n) is 18.8. The zero-order valence-electron chi connectivity index (χ0n) is 30.5. The molecule has 262 valence electrons. The standard InChI is InChI=1S/C51H38N4/c1-3-4-19-42-34(2)54(51-43(42)27-30-50-44(51)26-23-37-16-10-13-22-49(37)55(50)40-17-6-5-7-18-40)41-32-38(47-28-24-35-14-8-11-20-45(35)52-47)31-39(33-41)48-29-25-36-15-9-12-21-46(36)53-48/h3-33,45,52H,1H2,2H3/b19-4-. The van der Waals surface area contributed by atoms with Crippen molar-refractivity contribution in [2.75, 3.05) is 4.90 Å². The summed E-state index contributed by atoms with van der Waals surface area (Å²) in [6, 6.07) is 43.5. The number of rotatable bonds is 6. The Labute approximate surface area is 321 Å². The SMILES string of the molecule is C=C/C=C\c1c(C)n(-c2cc(C3=CC=C4C=CC=CC4N3)cc(-c3ccc4ccccc4n3)c2)c2c3c(ccc12)N(c1ccccc1)c1ccccc1C=C3. The maximum absolute atomic E-state index is 5.19. The third-order valence-electron chi connectivity index (χ3n) is 10.9. The normalized spacial score (nSPS) is 15.7. The molecular weight excluding hydrogens is 669 g/mol. The third-order valence-corrected chi connectivity index (χ3v) is 10.9. The molecule has 1 unspecified atom stereocenters. The van der Waals surface area contributed by atoms with Crippen molar-refractivity contribution in [2.24, 2.45) is 0 Å². The van der Waals surface area contributed by atoms with Crippen LogP contribution in [-0.4, -0.2) is 15.6 Å². The van der Waals surface area contributed by atoms with E-state index < -0.39 is 0 Å². The Morgan fingerprint density at radius 3 is 2.47 bits per heavy atom. The maximum Gasteiger partial charge on any atom is 0.0710 e. The molecule has 0 spiro atoms. The average molecular weight is 707 g/mol. The molecule has 1 aliphatic carbocycles. The van der Waals surface area contributed by atoms with Gasteiger partial charge in [-0.05, 0) is 78.7 Å². The maximum atomic E-state index is 5.19.